The van der Waals surface area contributed by atoms with Gasteiger partial charge in [0, 0.05) is 19.6 Å². The minimum atomic E-state index is -4.44. The van der Waals surface area contributed by atoms with Crippen LogP contribution in [0.25, 0.3) is 0 Å². The first-order chi connectivity index (χ1) is 13.7. The standard InChI is InChI=1S/C21H23F3N2O3/c22-21(23,24)17-8-6-15(7-9-17)12-20(28)26(29)19(16-4-2-1-3-5-16)14-25-11-10-18(27)13-25/h1-9,18-19,27,29H,10-14H2. The highest BCUT2D eigenvalue weighted by atomic mass is 19.4. The van der Waals surface area contributed by atoms with Gasteiger partial charge in [-0.25, -0.2) is 5.06 Å². The zero-order valence-electron chi connectivity index (χ0n) is 15.7. The molecule has 1 saturated heterocycles. The van der Waals surface area contributed by atoms with Gasteiger partial charge in [-0.05, 0) is 29.7 Å². The van der Waals surface area contributed by atoms with Crippen LogP contribution in [0.3, 0.4) is 0 Å². The number of hydroxylamine groups is 2. The Hall–Kier alpha value is -2.42. The number of nitrogens with zero attached hydrogens (tertiary/aromatic N) is 2. The molecule has 2 N–H and O–H groups in total. The second kappa shape index (κ2) is 8.94. The van der Waals surface area contributed by atoms with Crippen molar-refractivity contribution in [2.75, 3.05) is 19.6 Å². The number of halogens is 3. The molecule has 2 atom stereocenters. The van der Waals surface area contributed by atoms with Gasteiger partial charge in [-0.2, -0.15) is 13.2 Å². The van der Waals surface area contributed by atoms with Crippen molar-refractivity contribution >= 4 is 5.91 Å². The van der Waals surface area contributed by atoms with Gasteiger partial charge in [-0.3, -0.25) is 14.9 Å². The molecule has 0 aliphatic carbocycles. The fraction of sp³-hybridized carbons (Fsp3) is 0.381. The summed E-state index contributed by atoms with van der Waals surface area (Å²) in [5, 5.41) is 21.0. The van der Waals surface area contributed by atoms with Crippen molar-refractivity contribution in [2.24, 2.45) is 0 Å². The normalized spacial score (nSPS) is 18.6. The third-order valence-corrected chi connectivity index (χ3v) is 5.05. The molecular weight excluding hydrogens is 385 g/mol. The molecule has 0 saturated carbocycles. The maximum Gasteiger partial charge on any atom is 0.416 e. The molecule has 2 aromatic rings. The smallest absolute Gasteiger partial charge is 0.392 e. The van der Waals surface area contributed by atoms with Gasteiger partial charge in [0.25, 0.3) is 5.91 Å². The number of rotatable bonds is 6. The number of aliphatic hydroxyl groups is 1. The van der Waals surface area contributed by atoms with Crippen LogP contribution in [-0.4, -0.2) is 51.9 Å². The monoisotopic (exact) mass is 408 g/mol. The van der Waals surface area contributed by atoms with E-state index in [4.69, 9.17) is 0 Å². The van der Waals surface area contributed by atoms with Crippen molar-refractivity contribution in [3.05, 3.63) is 71.3 Å². The summed E-state index contributed by atoms with van der Waals surface area (Å²) < 4.78 is 38.1. The summed E-state index contributed by atoms with van der Waals surface area (Å²) in [6, 6.07) is 12.7. The van der Waals surface area contributed by atoms with Crippen LogP contribution < -0.4 is 0 Å². The Morgan fingerprint density at radius 1 is 1.14 bits per heavy atom. The summed E-state index contributed by atoms with van der Waals surface area (Å²) in [6.07, 6.45) is -4.46. The van der Waals surface area contributed by atoms with E-state index in [1.807, 2.05) is 11.0 Å². The Kier molecular flexibility index (Phi) is 6.56. The van der Waals surface area contributed by atoms with Crippen LogP contribution in [0.1, 0.15) is 29.2 Å². The largest absolute Gasteiger partial charge is 0.416 e. The van der Waals surface area contributed by atoms with Crippen molar-refractivity contribution < 1.29 is 28.3 Å². The number of β-amino-alcohol motifs (C(OH)–C–C–N with tert-alkyl or cyclic N) is 1. The van der Waals surface area contributed by atoms with Crippen LogP contribution in [0.2, 0.25) is 0 Å². The lowest BCUT2D eigenvalue weighted by Gasteiger charge is -2.30. The Morgan fingerprint density at radius 2 is 1.79 bits per heavy atom. The van der Waals surface area contributed by atoms with Gasteiger partial charge in [0.15, 0.2) is 0 Å². The molecule has 5 nitrogen and oxygen atoms in total. The molecular formula is C21H23F3N2O3. The van der Waals surface area contributed by atoms with Crippen molar-refractivity contribution in [3.8, 4) is 0 Å². The molecule has 3 rings (SSSR count). The lowest BCUT2D eigenvalue weighted by Crippen LogP contribution is -2.40. The second-order valence-corrected chi connectivity index (χ2v) is 7.24. The van der Waals surface area contributed by atoms with E-state index in [1.165, 1.54) is 12.1 Å². The van der Waals surface area contributed by atoms with Crippen LogP contribution >= 0.6 is 0 Å². The van der Waals surface area contributed by atoms with Gasteiger partial charge >= 0.3 is 6.18 Å². The van der Waals surface area contributed by atoms with Gasteiger partial charge in [-0.1, -0.05) is 42.5 Å². The molecule has 29 heavy (non-hydrogen) atoms. The first kappa shape index (κ1) is 21.3. The number of hydrogen-bond donors (Lipinski definition) is 2. The number of likely N-dealkylation sites (tertiary alicyclic amines) is 1. The fourth-order valence-corrected chi connectivity index (χ4v) is 3.46. The molecule has 1 aliphatic rings. The van der Waals surface area contributed by atoms with E-state index in [0.717, 1.165) is 17.7 Å². The Bertz CT molecular complexity index is 812. The summed E-state index contributed by atoms with van der Waals surface area (Å²) in [4.78, 5) is 14.6. The number of carbonyl (C=O) groups excluding carboxylic acids is 1. The molecule has 2 aromatic carbocycles. The van der Waals surface area contributed by atoms with E-state index >= 15 is 0 Å². The van der Waals surface area contributed by atoms with Crippen LogP contribution in [-0.2, 0) is 17.4 Å². The predicted octanol–water partition coefficient (Wildman–Crippen LogP) is 3.27. The molecule has 1 heterocycles. The third kappa shape index (κ3) is 5.56. The molecule has 1 fully saturated rings. The first-order valence-corrected chi connectivity index (χ1v) is 9.36. The quantitative estimate of drug-likeness (QED) is 0.569. The highest BCUT2D eigenvalue weighted by Crippen LogP contribution is 2.29. The summed E-state index contributed by atoms with van der Waals surface area (Å²) in [5.41, 5.74) is 0.326. The molecule has 1 aliphatic heterocycles. The molecule has 8 heteroatoms. The van der Waals surface area contributed by atoms with Crippen molar-refractivity contribution in [3.63, 3.8) is 0 Å². The highest BCUT2D eigenvalue weighted by Gasteiger charge is 2.31. The Morgan fingerprint density at radius 3 is 2.34 bits per heavy atom. The van der Waals surface area contributed by atoms with E-state index in [-0.39, 0.29) is 6.42 Å². The van der Waals surface area contributed by atoms with Crippen molar-refractivity contribution in [1.29, 1.82) is 0 Å². The van der Waals surface area contributed by atoms with Gasteiger partial charge in [0.2, 0.25) is 0 Å². The maximum atomic E-state index is 12.7. The zero-order valence-corrected chi connectivity index (χ0v) is 15.7. The Labute approximate surface area is 166 Å². The number of alkyl halides is 3. The Balaban J connectivity index is 1.72. The molecule has 1 amide bonds. The minimum absolute atomic E-state index is 0.222. The topological polar surface area (TPSA) is 64.0 Å². The SMILES string of the molecule is O=C(Cc1ccc(C(F)(F)F)cc1)N(O)C(CN1CCC(O)C1)c1ccccc1. The molecule has 0 bridgehead atoms. The molecule has 2 unspecified atom stereocenters. The molecule has 0 radical (unpaired) electrons. The number of benzene rings is 2. The van der Waals surface area contributed by atoms with E-state index in [2.05, 4.69) is 0 Å². The van der Waals surface area contributed by atoms with Crippen LogP contribution in [0.15, 0.2) is 54.6 Å². The summed E-state index contributed by atoms with van der Waals surface area (Å²) >= 11 is 0. The molecule has 0 spiro atoms. The van der Waals surface area contributed by atoms with Gasteiger partial charge in [0.05, 0.1) is 24.1 Å². The second-order valence-electron chi connectivity index (χ2n) is 7.24. The highest BCUT2D eigenvalue weighted by molar-refractivity contribution is 5.78. The first-order valence-electron chi connectivity index (χ1n) is 9.36. The average Bonchev–Trinajstić information content (AvgIpc) is 3.11. The summed E-state index contributed by atoms with van der Waals surface area (Å²) in [6.45, 7) is 1.46. The van der Waals surface area contributed by atoms with Gasteiger partial charge in [0.1, 0.15) is 0 Å². The van der Waals surface area contributed by atoms with Crippen LogP contribution in [0, 0.1) is 0 Å². The van der Waals surface area contributed by atoms with Crippen LogP contribution in [0.5, 0.6) is 0 Å². The maximum absolute atomic E-state index is 12.7. The summed E-state index contributed by atoms with van der Waals surface area (Å²) in [5.74, 6) is -0.613. The van der Waals surface area contributed by atoms with E-state index in [0.29, 0.717) is 36.7 Å². The van der Waals surface area contributed by atoms with Crippen molar-refractivity contribution in [1.82, 2.24) is 9.96 Å². The lowest BCUT2D eigenvalue weighted by molar-refractivity contribution is -0.177. The average molecular weight is 408 g/mol. The lowest BCUT2D eigenvalue weighted by atomic mass is 10.0. The van der Waals surface area contributed by atoms with Crippen molar-refractivity contribution in [2.45, 2.75) is 31.2 Å². The zero-order chi connectivity index (χ0) is 21.0. The minimum Gasteiger partial charge on any atom is -0.392 e. The van der Waals surface area contributed by atoms with Gasteiger partial charge in [-0.15, -0.1) is 0 Å². The molecule has 0 aromatic heterocycles. The molecule has 156 valence electrons. The van der Waals surface area contributed by atoms with E-state index < -0.39 is 29.8 Å². The van der Waals surface area contributed by atoms with Gasteiger partial charge < -0.3 is 5.11 Å². The number of amides is 1. The third-order valence-electron chi connectivity index (χ3n) is 5.05. The van der Waals surface area contributed by atoms with E-state index in [1.54, 1.807) is 24.3 Å². The number of aliphatic hydroxyl groups excluding tert-OH is 1. The number of hydrogen-bond acceptors (Lipinski definition) is 4. The number of carbonyl (C=O) groups is 1. The van der Waals surface area contributed by atoms with Crippen LogP contribution in [0.4, 0.5) is 13.2 Å². The predicted molar refractivity (Wildman–Crippen MR) is 100 cm³/mol. The van der Waals surface area contributed by atoms with E-state index in [9.17, 15) is 28.3 Å². The summed E-state index contributed by atoms with van der Waals surface area (Å²) in [7, 11) is 0. The fourth-order valence-electron chi connectivity index (χ4n) is 3.46.